The smallest absolute Gasteiger partial charge is 0.227 e. The molecule has 2 aliphatic carbocycles. The number of aryl methyl sites for hydroxylation is 1. The van der Waals surface area contributed by atoms with Crippen LogP contribution in [0.2, 0.25) is 0 Å². The van der Waals surface area contributed by atoms with Crippen molar-refractivity contribution in [1.82, 2.24) is 0 Å². The average Bonchev–Trinajstić information content (AvgIpc) is 3.12. The Balaban J connectivity index is 2.16. The number of hydrogen-bond donors (Lipinski definition) is 1. The topological polar surface area (TPSA) is 43.1 Å². The highest BCUT2D eigenvalue weighted by atomic mass is 19.2. The Labute approximate surface area is 122 Å². The Bertz CT molecular complexity index is 654. The van der Waals surface area contributed by atoms with Crippen molar-refractivity contribution in [3.63, 3.8) is 0 Å². The van der Waals surface area contributed by atoms with E-state index in [1.54, 1.807) is 18.2 Å². The summed E-state index contributed by atoms with van der Waals surface area (Å²) in [5.74, 6) is -1.92. The van der Waals surface area contributed by atoms with E-state index in [0.717, 1.165) is 5.56 Å². The highest BCUT2D eigenvalue weighted by Gasteiger charge is 2.72. The molecule has 3 rings (SSSR count). The first-order chi connectivity index (χ1) is 9.93. The fraction of sp³-hybridized carbons (Fsp3) is 0.353. The first-order valence-electron chi connectivity index (χ1n) is 6.98. The predicted octanol–water partition coefficient (Wildman–Crippen LogP) is 2.91. The van der Waals surface area contributed by atoms with Gasteiger partial charge in [0.05, 0.1) is 11.3 Å². The van der Waals surface area contributed by atoms with Crippen LogP contribution in [0.3, 0.4) is 0 Å². The van der Waals surface area contributed by atoms with Crippen LogP contribution in [0.25, 0.3) is 0 Å². The molecule has 21 heavy (non-hydrogen) atoms. The lowest BCUT2D eigenvalue weighted by molar-refractivity contribution is -0.124. The van der Waals surface area contributed by atoms with Gasteiger partial charge in [0, 0.05) is 0 Å². The van der Waals surface area contributed by atoms with Crippen LogP contribution in [0.15, 0.2) is 48.6 Å². The zero-order valence-corrected chi connectivity index (χ0v) is 11.7. The maximum Gasteiger partial charge on any atom is 0.227 e. The molecule has 0 saturated heterocycles. The summed E-state index contributed by atoms with van der Waals surface area (Å²) in [6.45, 7) is 1.83. The fourth-order valence-corrected chi connectivity index (χ4v) is 3.52. The summed E-state index contributed by atoms with van der Waals surface area (Å²) >= 11 is 0. The SMILES string of the molecule is Cc1ccccc1C1(C2(F)C=CC=CC2C(N)=O)CC1F. The second-order valence-corrected chi connectivity index (χ2v) is 5.85. The largest absolute Gasteiger partial charge is 0.369 e. The molecule has 2 aliphatic rings. The van der Waals surface area contributed by atoms with E-state index in [9.17, 15) is 9.18 Å². The third-order valence-corrected chi connectivity index (χ3v) is 4.70. The first kappa shape index (κ1) is 14.0. The quantitative estimate of drug-likeness (QED) is 0.913. The van der Waals surface area contributed by atoms with Crippen LogP contribution in [-0.4, -0.2) is 17.7 Å². The summed E-state index contributed by atoms with van der Waals surface area (Å²) in [5, 5.41) is 0. The van der Waals surface area contributed by atoms with Crippen molar-refractivity contribution in [2.24, 2.45) is 11.7 Å². The van der Waals surface area contributed by atoms with Crippen molar-refractivity contribution >= 4 is 5.91 Å². The van der Waals surface area contributed by atoms with Gasteiger partial charge < -0.3 is 5.73 Å². The predicted molar refractivity (Wildman–Crippen MR) is 77.2 cm³/mol. The third kappa shape index (κ3) is 1.78. The standard InChI is InChI=1S/C17H17F2NO/c1-11-6-2-3-7-12(11)16(10-14(16)18)17(19)9-5-4-8-13(17)15(20)21/h2-9,13-14H,10H2,1H3,(H2,20,21). The third-order valence-electron chi connectivity index (χ3n) is 4.70. The Morgan fingerprint density at radius 2 is 2.00 bits per heavy atom. The number of primary amides is 1. The Morgan fingerprint density at radius 3 is 2.57 bits per heavy atom. The van der Waals surface area contributed by atoms with E-state index in [1.807, 2.05) is 19.1 Å². The highest BCUT2D eigenvalue weighted by Crippen LogP contribution is 2.63. The molecule has 1 fully saturated rings. The summed E-state index contributed by atoms with van der Waals surface area (Å²) in [6.07, 6.45) is 4.55. The molecule has 0 radical (unpaired) electrons. The van der Waals surface area contributed by atoms with Gasteiger partial charge in [-0.1, -0.05) is 42.5 Å². The lowest BCUT2D eigenvalue weighted by atomic mass is 9.69. The fourth-order valence-electron chi connectivity index (χ4n) is 3.52. The van der Waals surface area contributed by atoms with Crippen LogP contribution in [0.5, 0.6) is 0 Å². The number of alkyl halides is 2. The molecule has 2 nitrogen and oxygen atoms in total. The molecule has 110 valence electrons. The minimum atomic E-state index is -2.13. The summed E-state index contributed by atoms with van der Waals surface area (Å²) in [7, 11) is 0. The number of carbonyl (C=O) groups excluding carboxylic acids is 1. The molecule has 2 N–H and O–H groups in total. The van der Waals surface area contributed by atoms with E-state index in [-0.39, 0.29) is 6.42 Å². The summed E-state index contributed by atoms with van der Waals surface area (Å²) < 4.78 is 30.1. The number of allylic oxidation sites excluding steroid dienone is 3. The van der Waals surface area contributed by atoms with Gasteiger partial charge in [0.1, 0.15) is 6.17 Å². The number of rotatable bonds is 3. The number of amides is 1. The van der Waals surface area contributed by atoms with Gasteiger partial charge in [0.25, 0.3) is 0 Å². The van der Waals surface area contributed by atoms with Gasteiger partial charge in [0.2, 0.25) is 5.91 Å². The molecule has 1 aromatic rings. The summed E-state index contributed by atoms with van der Waals surface area (Å²) in [6, 6.07) is 7.16. The zero-order valence-electron chi connectivity index (χ0n) is 11.7. The van der Waals surface area contributed by atoms with Gasteiger partial charge in [-0.15, -0.1) is 0 Å². The maximum atomic E-state index is 15.8. The van der Waals surface area contributed by atoms with Crippen LogP contribution < -0.4 is 5.73 Å². The van der Waals surface area contributed by atoms with E-state index in [4.69, 9.17) is 5.73 Å². The van der Waals surface area contributed by atoms with Gasteiger partial charge >= 0.3 is 0 Å². The van der Waals surface area contributed by atoms with Crippen molar-refractivity contribution in [3.05, 3.63) is 59.7 Å². The van der Waals surface area contributed by atoms with Crippen molar-refractivity contribution in [1.29, 1.82) is 0 Å². The van der Waals surface area contributed by atoms with E-state index in [2.05, 4.69) is 0 Å². The second kappa shape index (κ2) is 4.52. The normalized spacial score (nSPS) is 37.5. The lowest BCUT2D eigenvalue weighted by Crippen LogP contribution is -2.50. The molecule has 1 aromatic carbocycles. The average molecular weight is 289 g/mol. The molecular weight excluding hydrogens is 272 g/mol. The minimum absolute atomic E-state index is 0.0658. The van der Waals surface area contributed by atoms with Gasteiger partial charge in [-0.3, -0.25) is 4.79 Å². The number of carbonyl (C=O) groups is 1. The van der Waals surface area contributed by atoms with Crippen LogP contribution in [0.1, 0.15) is 17.5 Å². The van der Waals surface area contributed by atoms with E-state index < -0.39 is 29.1 Å². The highest BCUT2D eigenvalue weighted by molar-refractivity contribution is 5.82. The molecule has 0 aromatic heterocycles. The Kier molecular flexibility index (Phi) is 3.01. The molecule has 1 saturated carbocycles. The van der Waals surface area contributed by atoms with Gasteiger partial charge in [-0.05, 0) is 30.5 Å². The zero-order chi connectivity index (χ0) is 15.3. The summed E-state index contributed by atoms with van der Waals surface area (Å²) in [4.78, 5) is 11.6. The molecule has 0 aliphatic heterocycles. The van der Waals surface area contributed by atoms with Gasteiger partial charge in [0.15, 0.2) is 5.67 Å². The second-order valence-electron chi connectivity index (χ2n) is 5.85. The molecule has 0 spiro atoms. The summed E-state index contributed by atoms with van der Waals surface area (Å²) in [5.41, 5.74) is 3.33. The number of benzene rings is 1. The number of halogens is 2. The molecule has 4 atom stereocenters. The van der Waals surface area contributed by atoms with Crippen molar-refractivity contribution in [3.8, 4) is 0 Å². The number of nitrogens with two attached hydrogens (primary N) is 1. The first-order valence-corrected chi connectivity index (χ1v) is 6.98. The molecular formula is C17H17F2NO. The van der Waals surface area contributed by atoms with Crippen molar-refractivity contribution in [2.45, 2.75) is 30.6 Å². The van der Waals surface area contributed by atoms with Gasteiger partial charge in [-0.25, -0.2) is 8.78 Å². The van der Waals surface area contributed by atoms with Crippen LogP contribution in [0.4, 0.5) is 8.78 Å². The van der Waals surface area contributed by atoms with Crippen molar-refractivity contribution in [2.75, 3.05) is 0 Å². The monoisotopic (exact) mass is 289 g/mol. The lowest BCUT2D eigenvalue weighted by Gasteiger charge is -2.38. The van der Waals surface area contributed by atoms with Crippen LogP contribution >= 0.6 is 0 Å². The Morgan fingerprint density at radius 1 is 1.33 bits per heavy atom. The molecule has 1 amide bonds. The van der Waals surface area contributed by atoms with Crippen LogP contribution in [0, 0.1) is 12.8 Å². The van der Waals surface area contributed by atoms with E-state index >= 15 is 4.39 Å². The van der Waals surface area contributed by atoms with Gasteiger partial charge in [-0.2, -0.15) is 0 Å². The van der Waals surface area contributed by atoms with Crippen LogP contribution in [-0.2, 0) is 10.2 Å². The molecule has 4 unspecified atom stereocenters. The van der Waals surface area contributed by atoms with Crippen molar-refractivity contribution < 1.29 is 13.6 Å². The van der Waals surface area contributed by atoms with E-state index in [0.29, 0.717) is 5.56 Å². The molecule has 0 heterocycles. The maximum absolute atomic E-state index is 15.8. The number of hydrogen-bond acceptors (Lipinski definition) is 1. The minimum Gasteiger partial charge on any atom is -0.369 e. The Hall–Kier alpha value is -1.97. The molecule has 4 heteroatoms. The van der Waals surface area contributed by atoms with E-state index in [1.165, 1.54) is 18.2 Å². The molecule has 0 bridgehead atoms.